The van der Waals surface area contributed by atoms with E-state index in [0.29, 0.717) is 28.7 Å². The van der Waals surface area contributed by atoms with Crippen molar-refractivity contribution in [1.82, 2.24) is 0 Å². The second-order valence-electron chi connectivity index (χ2n) is 4.70. The summed E-state index contributed by atoms with van der Waals surface area (Å²) in [7, 11) is 0. The van der Waals surface area contributed by atoms with Gasteiger partial charge in [-0.1, -0.05) is 41.4 Å². The summed E-state index contributed by atoms with van der Waals surface area (Å²) < 4.78 is 0. The number of aryl methyl sites for hydroxylation is 1. The van der Waals surface area contributed by atoms with Crippen molar-refractivity contribution in [3.8, 4) is 0 Å². The Hall–Kier alpha value is -1.71. The molecule has 2 rings (SSSR count). The molecule has 0 saturated heterocycles. The maximum atomic E-state index is 11.9. The van der Waals surface area contributed by atoms with Crippen molar-refractivity contribution in [3.63, 3.8) is 0 Å². The van der Waals surface area contributed by atoms with Crippen molar-refractivity contribution in [2.45, 2.75) is 13.3 Å². The van der Waals surface area contributed by atoms with Crippen LogP contribution in [0.4, 0.5) is 11.4 Å². The van der Waals surface area contributed by atoms with E-state index in [0.717, 1.165) is 5.69 Å². The van der Waals surface area contributed by atoms with Crippen molar-refractivity contribution >= 4 is 40.5 Å². The van der Waals surface area contributed by atoms with E-state index >= 15 is 0 Å². The quantitative estimate of drug-likeness (QED) is 0.834. The molecule has 2 N–H and O–H groups in total. The molecule has 0 saturated carbocycles. The zero-order valence-electron chi connectivity index (χ0n) is 11.6. The van der Waals surface area contributed by atoms with E-state index in [4.69, 9.17) is 23.2 Å². The standard InChI is InChI=1S/C16H16Cl2N2O/c1-11-4-2-5-12(10-11)19-9-8-15(21)20-14-7-3-6-13(17)16(14)18/h2-7,10,19H,8-9H2,1H3,(H,20,21). The lowest BCUT2D eigenvalue weighted by Gasteiger charge is -2.09. The van der Waals surface area contributed by atoms with Gasteiger partial charge in [-0.2, -0.15) is 0 Å². The first-order valence-corrected chi connectivity index (χ1v) is 7.36. The number of halogens is 2. The Bertz CT molecular complexity index is 644. The lowest BCUT2D eigenvalue weighted by molar-refractivity contribution is -0.115. The van der Waals surface area contributed by atoms with Gasteiger partial charge in [-0.05, 0) is 36.8 Å². The molecule has 0 bridgehead atoms. The van der Waals surface area contributed by atoms with Gasteiger partial charge >= 0.3 is 0 Å². The van der Waals surface area contributed by atoms with Gasteiger partial charge in [0.2, 0.25) is 5.91 Å². The van der Waals surface area contributed by atoms with E-state index in [1.807, 2.05) is 31.2 Å². The van der Waals surface area contributed by atoms with Gasteiger partial charge in [0.15, 0.2) is 0 Å². The average Bonchev–Trinajstić information content (AvgIpc) is 2.44. The monoisotopic (exact) mass is 322 g/mol. The van der Waals surface area contributed by atoms with E-state index in [1.165, 1.54) is 5.56 Å². The number of hydrogen-bond donors (Lipinski definition) is 2. The second kappa shape index (κ2) is 7.34. The van der Waals surface area contributed by atoms with Crippen LogP contribution in [0.1, 0.15) is 12.0 Å². The fraction of sp³-hybridized carbons (Fsp3) is 0.188. The van der Waals surface area contributed by atoms with Gasteiger partial charge < -0.3 is 10.6 Å². The van der Waals surface area contributed by atoms with Crippen LogP contribution in [-0.4, -0.2) is 12.5 Å². The zero-order chi connectivity index (χ0) is 15.2. The van der Waals surface area contributed by atoms with Crippen LogP contribution in [0.2, 0.25) is 10.0 Å². The molecule has 2 aromatic carbocycles. The first kappa shape index (κ1) is 15.7. The lowest BCUT2D eigenvalue weighted by Crippen LogP contribution is -2.16. The molecule has 0 aliphatic heterocycles. The summed E-state index contributed by atoms with van der Waals surface area (Å²) in [5, 5.41) is 6.75. The predicted octanol–water partition coefficient (Wildman–Crippen LogP) is 4.74. The molecule has 0 aliphatic rings. The minimum absolute atomic E-state index is 0.112. The summed E-state index contributed by atoms with van der Waals surface area (Å²) in [5.74, 6) is -0.112. The molecule has 0 aliphatic carbocycles. The van der Waals surface area contributed by atoms with Crippen molar-refractivity contribution in [1.29, 1.82) is 0 Å². The SMILES string of the molecule is Cc1cccc(NCCC(=O)Nc2cccc(Cl)c2Cl)c1. The Labute approximate surface area is 134 Å². The summed E-state index contributed by atoms with van der Waals surface area (Å²) in [6.07, 6.45) is 0.344. The summed E-state index contributed by atoms with van der Waals surface area (Å²) in [4.78, 5) is 11.9. The van der Waals surface area contributed by atoms with Gasteiger partial charge in [-0.3, -0.25) is 4.79 Å². The summed E-state index contributed by atoms with van der Waals surface area (Å²) in [6.45, 7) is 2.58. The van der Waals surface area contributed by atoms with Crippen LogP contribution in [0.3, 0.4) is 0 Å². The first-order chi connectivity index (χ1) is 10.1. The smallest absolute Gasteiger partial charge is 0.226 e. The highest BCUT2D eigenvalue weighted by molar-refractivity contribution is 6.43. The topological polar surface area (TPSA) is 41.1 Å². The number of rotatable bonds is 5. The molecule has 21 heavy (non-hydrogen) atoms. The normalized spacial score (nSPS) is 10.2. The zero-order valence-corrected chi connectivity index (χ0v) is 13.1. The van der Waals surface area contributed by atoms with Crippen LogP contribution < -0.4 is 10.6 Å². The molecule has 110 valence electrons. The number of nitrogens with one attached hydrogen (secondary N) is 2. The lowest BCUT2D eigenvalue weighted by atomic mass is 10.2. The van der Waals surface area contributed by atoms with E-state index < -0.39 is 0 Å². The number of carbonyl (C=O) groups is 1. The number of anilines is 2. The average molecular weight is 323 g/mol. The van der Waals surface area contributed by atoms with Crippen LogP contribution >= 0.6 is 23.2 Å². The molecular formula is C16H16Cl2N2O. The molecule has 5 heteroatoms. The maximum absolute atomic E-state index is 11.9. The molecule has 0 radical (unpaired) electrons. The van der Waals surface area contributed by atoms with Crippen LogP contribution in [0.25, 0.3) is 0 Å². The van der Waals surface area contributed by atoms with Crippen molar-refractivity contribution in [2.24, 2.45) is 0 Å². The van der Waals surface area contributed by atoms with Gasteiger partial charge in [0, 0.05) is 18.7 Å². The molecule has 0 heterocycles. The highest BCUT2D eigenvalue weighted by atomic mass is 35.5. The highest BCUT2D eigenvalue weighted by Gasteiger charge is 2.07. The molecule has 1 amide bonds. The second-order valence-corrected chi connectivity index (χ2v) is 5.48. The van der Waals surface area contributed by atoms with E-state index in [2.05, 4.69) is 10.6 Å². The Balaban J connectivity index is 1.84. The Morgan fingerprint density at radius 2 is 1.90 bits per heavy atom. The largest absolute Gasteiger partial charge is 0.385 e. The molecule has 0 aromatic heterocycles. The van der Waals surface area contributed by atoms with Crippen molar-refractivity contribution in [3.05, 3.63) is 58.1 Å². The molecule has 0 spiro atoms. The molecule has 2 aromatic rings. The van der Waals surface area contributed by atoms with E-state index in [-0.39, 0.29) is 5.91 Å². The molecule has 0 fully saturated rings. The highest BCUT2D eigenvalue weighted by Crippen LogP contribution is 2.29. The Kier molecular flexibility index (Phi) is 5.48. The van der Waals surface area contributed by atoms with Crippen LogP contribution in [0.15, 0.2) is 42.5 Å². The van der Waals surface area contributed by atoms with Crippen LogP contribution in [0, 0.1) is 6.92 Å². The van der Waals surface area contributed by atoms with Gasteiger partial charge in [0.1, 0.15) is 0 Å². The third-order valence-corrected chi connectivity index (χ3v) is 3.74. The number of amides is 1. The molecule has 3 nitrogen and oxygen atoms in total. The van der Waals surface area contributed by atoms with Crippen molar-refractivity contribution < 1.29 is 4.79 Å². The van der Waals surface area contributed by atoms with E-state index in [1.54, 1.807) is 18.2 Å². The summed E-state index contributed by atoms with van der Waals surface area (Å²) in [6, 6.07) is 13.2. The van der Waals surface area contributed by atoms with E-state index in [9.17, 15) is 4.79 Å². The van der Waals surface area contributed by atoms with Gasteiger partial charge in [-0.15, -0.1) is 0 Å². The van der Waals surface area contributed by atoms with Gasteiger partial charge in [0.05, 0.1) is 15.7 Å². The van der Waals surface area contributed by atoms with Crippen molar-refractivity contribution in [2.75, 3.05) is 17.2 Å². The molecular weight excluding hydrogens is 307 g/mol. The summed E-state index contributed by atoms with van der Waals surface area (Å²) in [5.41, 5.74) is 2.71. The number of benzene rings is 2. The Morgan fingerprint density at radius 3 is 2.67 bits per heavy atom. The molecule has 0 unspecified atom stereocenters. The maximum Gasteiger partial charge on any atom is 0.226 e. The first-order valence-electron chi connectivity index (χ1n) is 6.60. The van der Waals surface area contributed by atoms with Gasteiger partial charge in [0.25, 0.3) is 0 Å². The predicted molar refractivity (Wildman–Crippen MR) is 89.4 cm³/mol. The third-order valence-electron chi connectivity index (χ3n) is 2.92. The minimum Gasteiger partial charge on any atom is -0.385 e. The molecule has 0 atom stereocenters. The van der Waals surface area contributed by atoms with Crippen LogP contribution in [0.5, 0.6) is 0 Å². The third kappa shape index (κ3) is 4.66. The number of hydrogen-bond acceptors (Lipinski definition) is 2. The number of carbonyl (C=O) groups excluding carboxylic acids is 1. The fourth-order valence-electron chi connectivity index (χ4n) is 1.89. The Morgan fingerprint density at radius 1 is 1.14 bits per heavy atom. The summed E-state index contributed by atoms with van der Waals surface area (Å²) >= 11 is 11.9. The minimum atomic E-state index is -0.112. The van der Waals surface area contributed by atoms with Crippen LogP contribution in [-0.2, 0) is 4.79 Å². The fourth-order valence-corrected chi connectivity index (χ4v) is 2.24. The van der Waals surface area contributed by atoms with Gasteiger partial charge in [-0.25, -0.2) is 0 Å².